The lowest BCUT2D eigenvalue weighted by Gasteiger charge is -2.36. The summed E-state index contributed by atoms with van der Waals surface area (Å²) >= 11 is 8.56. The number of rotatable bonds is 3. The number of halogens is 1. The van der Waals surface area contributed by atoms with Gasteiger partial charge in [0, 0.05) is 22.3 Å². The molecule has 20 heavy (non-hydrogen) atoms. The summed E-state index contributed by atoms with van der Waals surface area (Å²) in [4.78, 5) is 14.1. The molecule has 0 aromatic heterocycles. The minimum atomic E-state index is -0.490. The second kappa shape index (κ2) is 6.51. The molecule has 1 aromatic rings. The van der Waals surface area contributed by atoms with Crippen molar-refractivity contribution in [1.82, 2.24) is 0 Å². The van der Waals surface area contributed by atoms with Crippen LogP contribution in [0, 0.1) is 0 Å². The molecule has 1 aliphatic rings. The van der Waals surface area contributed by atoms with Gasteiger partial charge < -0.3 is 20.1 Å². The van der Waals surface area contributed by atoms with Gasteiger partial charge in [-0.1, -0.05) is 18.3 Å². The van der Waals surface area contributed by atoms with Gasteiger partial charge in [-0.25, -0.2) is 4.79 Å². The van der Waals surface area contributed by atoms with Crippen molar-refractivity contribution in [3.05, 3.63) is 28.2 Å². The van der Waals surface area contributed by atoms with Crippen molar-refractivity contribution in [3.63, 3.8) is 0 Å². The van der Waals surface area contributed by atoms with Crippen LogP contribution in [-0.4, -0.2) is 43.9 Å². The van der Waals surface area contributed by atoms with Crippen molar-refractivity contribution in [2.75, 3.05) is 31.8 Å². The standard InChI is InChI=1S/C13H15BrN2O3S/c1-18-13(17)10-7-19-6-5-16(10)9-4-2-3-8(14)11(9)12(15)20/h2-4,10H,5-7H2,1H3,(H2,15,20). The molecule has 1 atom stereocenters. The van der Waals surface area contributed by atoms with Crippen LogP contribution in [0.3, 0.4) is 0 Å². The zero-order valence-electron chi connectivity index (χ0n) is 11.0. The van der Waals surface area contributed by atoms with E-state index in [9.17, 15) is 4.79 Å². The molecule has 0 bridgehead atoms. The van der Waals surface area contributed by atoms with E-state index in [0.717, 1.165) is 15.7 Å². The Morgan fingerprint density at radius 3 is 3.00 bits per heavy atom. The monoisotopic (exact) mass is 358 g/mol. The third-order valence-corrected chi connectivity index (χ3v) is 4.01. The molecule has 108 valence electrons. The van der Waals surface area contributed by atoms with E-state index in [0.29, 0.717) is 13.2 Å². The quantitative estimate of drug-likeness (QED) is 0.651. The number of carbonyl (C=O) groups excluding carboxylic acids is 1. The van der Waals surface area contributed by atoms with Gasteiger partial charge in [-0.15, -0.1) is 0 Å². The zero-order valence-corrected chi connectivity index (χ0v) is 13.4. The maximum absolute atomic E-state index is 11.9. The zero-order chi connectivity index (χ0) is 14.7. The average Bonchev–Trinajstić information content (AvgIpc) is 2.45. The number of morpholine rings is 1. The normalized spacial score (nSPS) is 18.7. The Balaban J connectivity index is 2.45. The number of hydrogen-bond donors (Lipinski definition) is 1. The van der Waals surface area contributed by atoms with Gasteiger partial charge in [0.05, 0.1) is 20.3 Å². The Morgan fingerprint density at radius 2 is 2.35 bits per heavy atom. The largest absolute Gasteiger partial charge is 0.467 e. The van der Waals surface area contributed by atoms with E-state index in [2.05, 4.69) is 15.9 Å². The minimum absolute atomic E-state index is 0.280. The number of nitrogens with two attached hydrogens (primary N) is 1. The molecule has 1 heterocycles. The van der Waals surface area contributed by atoms with Gasteiger partial charge in [0.1, 0.15) is 4.99 Å². The molecule has 2 rings (SSSR count). The highest BCUT2D eigenvalue weighted by Crippen LogP contribution is 2.30. The molecular formula is C13H15BrN2O3S. The first-order valence-corrected chi connectivity index (χ1v) is 7.27. The van der Waals surface area contributed by atoms with Crippen LogP contribution in [0.2, 0.25) is 0 Å². The molecule has 1 fully saturated rings. The smallest absolute Gasteiger partial charge is 0.330 e. The maximum atomic E-state index is 11.9. The van der Waals surface area contributed by atoms with Crippen molar-refractivity contribution < 1.29 is 14.3 Å². The summed E-state index contributed by atoms with van der Waals surface area (Å²) in [5.41, 5.74) is 7.33. The Morgan fingerprint density at radius 1 is 1.60 bits per heavy atom. The Hall–Kier alpha value is -1.18. The van der Waals surface area contributed by atoms with Gasteiger partial charge in [-0.3, -0.25) is 0 Å². The fourth-order valence-electron chi connectivity index (χ4n) is 2.22. The van der Waals surface area contributed by atoms with Crippen LogP contribution in [0.1, 0.15) is 5.56 Å². The van der Waals surface area contributed by atoms with Crippen molar-refractivity contribution in [2.45, 2.75) is 6.04 Å². The number of anilines is 1. The fraction of sp³-hybridized carbons (Fsp3) is 0.385. The fourth-order valence-corrected chi connectivity index (χ4v) is 3.13. The number of carbonyl (C=O) groups is 1. The van der Waals surface area contributed by atoms with E-state index in [-0.39, 0.29) is 17.6 Å². The summed E-state index contributed by atoms with van der Waals surface area (Å²) < 4.78 is 11.0. The predicted molar refractivity (Wildman–Crippen MR) is 84.0 cm³/mol. The topological polar surface area (TPSA) is 64.8 Å². The van der Waals surface area contributed by atoms with Crippen molar-refractivity contribution in [3.8, 4) is 0 Å². The molecule has 1 aliphatic heterocycles. The second-order valence-corrected chi connectivity index (χ2v) is 5.60. The number of hydrogen-bond acceptors (Lipinski definition) is 5. The van der Waals surface area contributed by atoms with E-state index in [1.54, 1.807) is 0 Å². The predicted octanol–water partition coefficient (Wildman–Crippen LogP) is 1.46. The molecule has 2 N–H and O–H groups in total. The van der Waals surface area contributed by atoms with Crippen molar-refractivity contribution >= 4 is 44.8 Å². The van der Waals surface area contributed by atoms with Crippen LogP contribution in [-0.2, 0) is 14.3 Å². The molecule has 0 spiro atoms. The van der Waals surface area contributed by atoms with Gasteiger partial charge in [0.2, 0.25) is 0 Å². The van der Waals surface area contributed by atoms with Crippen molar-refractivity contribution in [1.29, 1.82) is 0 Å². The number of nitrogens with zero attached hydrogens (tertiary/aromatic N) is 1. The summed E-state index contributed by atoms with van der Waals surface area (Å²) in [6.07, 6.45) is 0. The van der Waals surface area contributed by atoms with Gasteiger partial charge in [-0.05, 0) is 28.1 Å². The SMILES string of the molecule is COC(=O)C1COCCN1c1cccc(Br)c1C(N)=S. The van der Waals surface area contributed by atoms with Gasteiger partial charge in [0.25, 0.3) is 0 Å². The second-order valence-electron chi connectivity index (χ2n) is 4.31. The first-order valence-electron chi connectivity index (χ1n) is 6.06. The lowest BCUT2D eigenvalue weighted by atomic mass is 10.1. The Bertz CT molecular complexity index is 538. The van der Waals surface area contributed by atoms with Gasteiger partial charge in [0.15, 0.2) is 6.04 Å². The van der Waals surface area contributed by atoms with Crippen LogP contribution in [0.25, 0.3) is 0 Å². The van der Waals surface area contributed by atoms with E-state index < -0.39 is 6.04 Å². The summed E-state index contributed by atoms with van der Waals surface area (Å²) in [6, 6.07) is 5.15. The summed E-state index contributed by atoms with van der Waals surface area (Å²) in [7, 11) is 1.37. The van der Waals surface area contributed by atoms with E-state index in [1.807, 2.05) is 23.1 Å². The van der Waals surface area contributed by atoms with Crippen LogP contribution in [0.5, 0.6) is 0 Å². The van der Waals surface area contributed by atoms with Gasteiger partial charge >= 0.3 is 5.97 Å². The van der Waals surface area contributed by atoms with Gasteiger partial charge in [-0.2, -0.15) is 0 Å². The van der Waals surface area contributed by atoms with Crippen molar-refractivity contribution in [2.24, 2.45) is 5.73 Å². The molecule has 1 unspecified atom stereocenters. The summed E-state index contributed by atoms with van der Waals surface area (Å²) in [5, 5.41) is 0. The highest BCUT2D eigenvalue weighted by atomic mass is 79.9. The molecule has 7 heteroatoms. The third-order valence-electron chi connectivity index (χ3n) is 3.15. The molecular weight excluding hydrogens is 344 g/mol. The third kappa shape index (κ3) is 2.94. The number of benzene rings is 1. The molecule has 1 saturated heterocycles. The number of esters is 1. The average molecular weight is 359 g/mol. The van der Waals surface area contributed by atoms with E-state index in [1.165, 1.54) is 7.11 Å². The maximum Gasteiger partial charge on any atom is 0.330 e. The van der Waals surface area contributed by atoms with Crippen LogP contribution in [0.15, 0.2) is 22.7 Å². The minimum Gasteiger partial charge on any atom is -0.467 e. The highest BCUT2D eigenvalue weighted by Gasteiger charge is 2.32. The summed E-state index contributed by atoms with van der Waals surface area (Å²) in [5.74, 6) is -0.335. The van der Waals surface area contributed by atoms with E-state index in [4.69, 9.17) is 27.4 Å². The Labute approximate surface area is 131 Å². The first kappa shape index (κ1) is 15.2. The van der Waals surface area contributed by atoms with Crippen LogP contribution < -0.4 is 10.6 Å². The molecule has 5 nitrogen and oxygen atoms in total. The Kier molecular flexibility index (Phi) is 4.95. The molecule has 1 aromatic carbocycles. The van der Waals surface area contributed by atoms with Crippen LogP contribution in [0.4, 0.5) is 5.69 Å². The molecule has 0 saturated carbocycles. The lowest BCUT2D eigenvalue weighted by Crippen LogP contribution is -2.51. The number of thiocarbonyl (C=S) groups is 1. The van der Waals surface area contributed by atoms with E-state index >= 15 is 0 Å². The first-order chi connectivity index (χ1) is 9.56. The highest BCUT2D eigenvalue weighted by molar-refractivity contribution is 9.10. The molecule has 0 amide bonds. The summed E-state index contributed by atoms with van der Waals surface area (Å²) in [6.45, 7) is 1.40. The molecule has 0 aliphatic carbocycles. The number of methoxy groups -OCH3 is 1. The lowest BCUT2D eigenvalue weighted by molar-refractivity contribution is -0.144. The van der Waals surface area contributed by atoms with Crippen LogP contribution >= 0.6 is 28.1 Å². The number of ether oxygens (including phenoxy) is 2. The molecule has 0 radical (unpaired) electrons.